The second-order valence-corrected chi connectivity index (χ2v) is 6.18. The number of carbonyl (C=O) groups is 1. The normalized spacial score (nSPS) is 14.4. The predicted molar refractivity (Wildman–Crippen MR) is 90.2 cm³/mol. The zero-order valence-electron chi connectivity index (χ0n) is 12.3. The molecule has 23 heavy (non-hydrogen) atoms. The Hall–Kier alpha value is -2.60. The Kier molecular flexibility index (Phi) is 3.59. The minimum atomic E-state index is 0.205. The van der Waals surface area contributed by atoms with Crippen LogP contribution in [0.25, 0.3) is 22.0 Å². The third-order valence-electron chi connectivity index (χ3n) is 3.83. The van der Waals surface area contributed by atoms with Gasteiger partial charge in [-0.25, -0.2) is 4.98 Å². The molecule has 0 atom stereocenters. The summed E-state index contributed by atoms with van der Waals surface area (Å²) in [7, 11) is 0. The molecule has 0 spiro atoms. The van der Waals surface area contributed by atoms with Crippen molar-refractivity contribution in [2.45, 2.75) is 12.8 Å². The van der Waals surface area contributed by atoms with Gasteiger partial charge in [-0.3, -0.25) is 14.8 Å². The van der Waals surface area contributed by atoms with Gasteiger partial charge in [-0.15, -0.1) is 11.3 Å². The summed E-state index contributed by atoms with van der Waals surface area (Å²) in [6.07, 6.45) is 6.61. The van der Waals surface area contributed by atoms with E-state index >= 15 is 0 Å². The number of benzene rings is 1. The largest absolute Gasteiger partial charge is 0.312 e. The van der Waals surface area contributed by atoms with Gasteiger partial charge in [0.25, 0.3) is 0 Å². The summed E-state index contributed by atoms with van der Waals surface area (Å²) in [5.74, 6) is 0.205. The highest BCUT2D eigenvalue weighted by Crippen LogP contribution is 2.29. The second kappa shape index (κ2) is 5.89. The van der Waals surface area contributed by atoms with Crippen LogP contribution in [0.5, 0.6) is 0 Å². The van der Waals surface area contributed by atoms with Crippen molar-refractivity contribution >= 4 is 22.9 Å². The summed E-state index contributed by atoms with van der Waals surface area (Å²) in [5, 5.41) is 2.87. The lowest BCUT2D eigenvalue weighted by Gasteiger charge is -2.15. The van der Waals surface area contributed by atoms with E-state index in [1.807, 2.05) is 34.5 Å². The summed E-state index contributed by atoms with van der Waals surface area (Å²) < 4.78 is 0. The van der Waals surface area contributed by atoms with Crippen LogP contribution in [-0.4, -0.2) is 27.4 Å². The van der Waals surface area contributed by atoms with Crippen molar-refractivity contribution in [1.29, 1.82) is 0 Å². The van der Waals surface area contributed by atoms with Crippen molar-refractivity contribution in [2.24, 2.45) is 0 Å². The van der Waals surface area contributed by atoms with Crippen LogP contribution in [0.4, 0.5) is 5.69 Å². The van der Waals surface area contributed by atoms with Gasteiger partial charge in [0.05, 0.1) is 11.9 Å². The zero-order valence-corrected chi connectivity index (χ0v) is 13.2. The molecule has 1 saturated heterocycles. The van der Waals surface area contributed by atoms with Crippen LogP contribution < -0.4 is 4.90 Å². The average molecular weight is 322 g/mol. The number of rotatable bonds is 3. The Labute approximate surface area is 137 Å². The standard InChI is InChI=1S/C17H14N4OS/c22-16-2-1-9-21(16)13-5-3-12(4-6-13)15-11-23-17(20-15)14-10-18-7-8-19-14/h3-8,10-11H,1-2,9H2. The van der Waals surface area contributed by atoms with Gasteiger partial charge < -0.3 is 4.90 Å². The van der Waals surface area contributed by atoms with Crippen LogP contribution in [-0.2, 0) is 4.79 Å². The van der Waals surface area contributed by atoms with Gasteiger partial charge in [0.1, 0.15) is 10.7 Å². The van der Waals surface area contributed by atoms with Crippen molar-refractivity contribution in [3.8, 4) is 22.0 Å². The Bertz CT molecular complexity index is 829. The average Bonchev–Trinajstić information content (AvgIpc) is 3.25. The molecule has 2 aromatic heterocycles. The minimum Gasteiger partial charge on any atom is -0.312 e. The van der Waals surface area contributed by atoms with Crippen molar-refractivity contribution in [1.82, 2.24) is 15.0 Å². The SMILES string of the molecule is O=C1CCCN1c1ccc(-c2csc(-c3cnccn3)n2)cc1. The van der Waals surface area contributed by atoms with Crippen LogP contribution >= 0.6 is 11.3 Å². The van der Waals surface area contributed by atoms with Crippen LogP contribution in [0.1, 0.15) is 12.8 Å². The zero-order chi connectivity index (χ0) is 15.6. The first kappa shape index (κ1) is 14.0. The number of amides is 1. The highest BCUT2D eigenvalue weighted by molar-refractivity contribution is 7.13. The molecule has 6 heteroatoms. The molecule has 0 bridgehead atoms. The van der Waals surface area contributed by atoms with Crippen molar-refractivity contribution in [3.63, 3.8) is 0 Å². The predicted octanol–water partition coefficient (Wildman–Crippen LogP) is 3.39. The van der Waals surface area contributed by atoms with Crippen molar-refractivity contribution in [3.05, 3.63) is 48.2 Å². The molecular weight excluding hydrogens is 308 g/mol. The molecule has 114 valence electrons. The van der Waals surface area contributed by atoms with Crippen molar-refractivity contribution in [2.75, 3.05) is 11.4 Å². The monoisotopic (exact) mass is 322 g/mol. The molecule has 1 aliphatic heterocycles. The first-order chi connectivity index (χ1) is 11.3. The molecule has 0 radical (unpaired) electrons. The van der Waals surface area contributed by atoms with Crippen LogP contribution in [0, 0.1) is 0 Å². The molecule has 0 saturated carbocycles. The Morgan fingerprint density at radius 2 is 1.96 bits per heavy atom. The molecule has 3 heterocycles. The van der Waals surface area contributed by atoms with Crippen LogP contribution in [0.15, 0.2) is 48.2 Å². The number of anilines is 1. The summed E-state index contributed by atoms with van der Waals surface area (Å²) >= 11 is 1.55. The lowest BCUT2D eigenvalue weighted by molar-refractivity contribution is -0.117. The molecule has 4 rings (SSSR count). The first-order valence-electron chi connectivity index (χ1n) is 7.44. The Morgan fingerprint density at radius 1 is 1.09 bits per heavy atom. The number of hydrogen-bond acceptors (Lipinski definition) is 5. The molecule has 0 unspecified atom stereocenters. The van der Waals surface area contributed by atoms with E-state index in [0.717, 1.165) is 40.6 Å². The number of nitrogens with zero attached hydrogens (tertiary/aromatic N) is 4. The highest BCUT2D eigenvalue weighted by Gasteiger charge is 2.21. The summed E-state index contributed by atoms with van der Waals surface area (Å²) in [4.78, 5) is 26.6. The number of aromatic nitrogens is 3. The fourth-order valence-corrected chi connectivity index (χ4v) is 3.46. The quantitative estimate of drug-likeness (QED) is 0.741. The smallest absolute Gasteiger partial charge is 0.227 e. The maximum atomic E-state index is 11.8. The van der Waals surface area contributed by atoms with E-state index in [1.165, 1.54) is 0 Å². The van der Waals surface area contributed by atoms with Gasteiger partial charge in [0.2, 0.25) is 5.91 Å². The summed E-state index contributed by atoms with van der Waals surface area (Å²) in [5.41, 5.74) is 3.69. The highest BCUT2D eigenvalue weighted by atomic mass is 32.1. The van der Waals surface area contributed by atoms with E-state index in [0.29, 0.717) is 6.42 Å². The van der Waals surface area contributed by atoms with E-state index < -0.39 is 0 Å². The van der Waals surface area contributed by atoms with E-state index in [9.17, 15) is 4.79 Å². The van der Waals surface area contributed by atoms with E-state index in [1.54, 1.807) is 29.9 Å². The molecule has 1 fully saturated rings. The number of carbonyl (C=O) groups excluding carboxylic acids is 1. The molecular formula is C17H14N4OS. The fraction of sp³-hybridized carbons (Fsp3) is 0.176. The van der Waals surface area contributed by atoms with Gasteiger partial charge in [-0.2, -0.15) is 0 Å². The molecule has 1 aliphatic rings. The molecule has 0 aliphatic carbocycles. The maximum Gasteiger partial charge on any atom is 0.227 e. The third kappa shape index (κ3) is 2.73. The summed E-state index contributed by atoms with van der Waals surface area (Å²) in [6, 6.07) is 7.99. The summed E-state index contributed by atoms with van der Waals surface area (Å²) in [6.45, 7) is 0.811. The van der Waals surface area contributed by atoms with Gasteiger partial charge >= 0.3 is 0 Å². The lowest BCUT2D eigenvalue weighted by Crippen LogP contribution is -2.23. The lowest BCUT2D eigenvalue weighted by atomic mass is 10.1. The molecule has 1 amide bonds. The van der Waals surface area contributed by atoms with E-state index in [4.69, 9.17) is 0 Å². The first-order valence-corrected chi connectivity index (χ1v) is 8.32. The van der Waals surface area contributed by atoms with Crippen molar-refractivity contribution < 1.29 is 4.79 Å². The van der Waals surface area contributed by atoms with E-state index in [-0.39, 0.29) is 5.91 Å². The third-order valence-corrected chi connectivity index (χ3v) is 4.70. The van der Waals surface area contributed by atoms with Gasteiger partial charge in [0.15, 0.2) is 0 Å². The van der Waals surface area contributed by atoms with Crippen LogP contribution in [0.2, 0.25) is 0 Å². The van der Waals surface area contributed by atoms with Gasteiger partial charge in [-0.05, 0) is 18.6 Å². The molecule has 1 aromatic carbocycles. The van der Waals surface area contributed by atoms with E-state index in [2.05, 4.69) is 15.0 Å². The maximum absolute atomic E-state index is 11.8. The fourth-order valence-electron chi connectivity index (χ4n) is 2.67. The Balaban J connectivity index is 1.59. The van der Waals surface area contributed by atoms with Gasteiger partial charge in [0, 0.05) is 42.0 Å². The molecule has 3 aromatic rings. The minimum absolute atomic E-state index is 0.205. The molecule has 5 nitrogen and oxygen atoms in total. The Morgan fingerprint density at radius 3 is 2.65 bits per heavy atom. The number of hydrogen-bond donors (Lipinski definition) is 0. The van der Waals surface area contributed by atoms with Crippen LogP contribution in [0.3, 0.4) is 0 Å². The molecule has 0 N–H and O–H groups in total. The topological polar surface area (TPSA) is 59.0 Å². The van der Waals surface area contributed by atoms with Gasteiger partial charge in [-0.1, -0.05) is 12.1 Å². The number of thiazole rings is 1. The second-order valence-electron chi connectivity index (χ2n) is 5.32.